The molecule has 1 aromatic carbocycles. The van der Waals surface area contributed by atoms with Gasteiger partial charge in [-0.3, -0.25) is 9.89 Å². The van der Waals surface area contributed by atoms with Crippen LogP contribution < -0.4 is 5.32 Å². The predicted octanol–water partition coefficient (Wildman–Crippen LogP) is 2.39. The summed E-state index contributed by atoms with van der Waals surface area (Å²) in [7, 11) is 0. The molecule has 2 rings (SSSR count). The molecule has 0 fully saturated rings. The van der Waals surface area contributed by atoms with E-state index in [9.17, 15) is 9.90 Å². The fourth-order valence-corrected chi connectivity index (χ4v) is 2.00. The van der Waals surface area contributed by atoms with E-state index in [-0.39, 0.29) is 5.91 Å². The van der Waals surface area contributed by atoms with Gasteiger partial charge in [-0.2, -0.15) is 5.10 Å². The van der Waals surface area contributed by atoms with Gasteiger partial charge in [0.05, 0.1) is 6.10 Å². The molecule has 2 aromatic rings. The van der Waals surface area contributed by atoms with Gasteiger partial charge in [-0.25, -0.2) is 0 Å². The third-order valence-electron chi connectivity index (χ3n) is 3.34. The number of nitrogens with zero attached hydrogens (tertiary/aromatic N) is 1. The maximum absolute atomic E-state index is 11.9. The number of amides is 1. The van der Waals surface area contributed by atoms with Gasteiger partial charge in [-0.05, 0) is 24.0 Å². The minimum atomic E-state index is -0.572. The standard InChI is InChI=1S/C16H21N3O2/c1-11(2)13-10-14(19-18-13)16(21)17-9-8-15(20)12-6-4-3-5-7-12/h3-7,10-11,15,20H,8-9H2,1-2H3,(H,17,21)(H,18,19). The zero-order valence-electron chi connectivity index (χ0n) is 12.3. The molecule has 0 saturated carbocycles. The van der Waals surface area contributed by atoms with Gasteiger partial charge in [-0.15, -0.1) is 0 Å². The fourth-order valence-electron chi connectivity index (χ4n) is 2.00. The molecule has 0 aliphatic carbocycles. The minimum Gasteiger partial charge on any atom is -0.388 e. The van der Waals surface area contributed by atoms with E-state index in [1.807, 2.05) is 44.2 Å². The Bertz CT molecular complexity index is 578. The van der Waals surface area contributed by atoms with Crippen LogP contribution >= 0.6 is 0 Å². The van der Waals surface area contributed by atoms with Gasteiger partial charge < -0.3 is 10.4 Å². The fraction of sp³-hybridized carbons (Fsp3) is 0.375. The van der Waals surface area contributed by atoms with Gasteiger partial charge in [0.2, 0.25) is 0 Å². The van der Waals surface area contributed by atoms with Crippen molar-refractivity contribution in [3.63, 3.8) is 0 Å². The number of carbonyl (C=O) groups excluding carboxylic acids is 1. The SMILES string of the molecule is CC(C)c1cc(C(=O)NCCC(O)c2ccccc2)n[nH]1. The maximum Gasteiger partial charge on any atom is 0.271 e. The van der Waals surface area contributed by atoms with Crippen molar-refractivity contribution >= 4 is 5.91 Å². The molecule has 1 unspecified atom stereocenters. The molecule has 0 saturated heterocycles. The summed E-state index contributed by atoms with van der Waals surface area (Å²) in [5.74, 6) is 0.0809. The predicted molar refractivity (Wildman–Crippen MR) is 81.0 cm³/mol. The lowest BCUT2D eigenvalue weighted by Gasteiger charge is -2.11. The highest BCUT2D eigenvalue weighted by Crippen LogP contribution is 2.15. The van der Waals surface area contributed by atoms with Gasteiger partial charge >= 0.3 is 0 Å². The molecule has 1 amide bonds. The van der Waals surface area contributed by atoms with Gasteiger partial charge in [0.15, 0.2) is 0 Å². The zero-order valence-corrected chi connectivity index (χ0v) is 12.3. The topological polar surface area (TPSA) is 78.0 Å². The lowest BCUT2D eigenvalue weighted by atomic mass is 10.1. The van der Waals surface area contributed by atoms with Crippen LogP contribution in [0.15, 0.2) is 36.4 Å². The van der Waals surface area contributed by atoms with Crippen molar-refractivity contribution in [1.82, 2.24) is 15.5 Å². The van der Waals surface area contributed by atoms with Gasteiger partial charge in [0.25, 0.3) is 5.91 Å². The Hall–Kier alpha value is -2.14. The summed E-state index contributed by atoms with van der Waals surface area (Å²) >= 11 is 0. The molecule has 3 N–H and O–H groups in total. The van der Waals surface area contributed by atoms with E-state index in [4.69, 9.17) is 0 Å². The lowest BCUT2D eigenvalue weighted by Crippen LogP contribution is -2.26. The number of benzene rings is 1. The van der Waals surface area contributed by atoms with Crippen LogP contribution in [0.3, 0.4) is 0 Å². The highest BCUT2D eigenvalue weighted by Gasteiger charge is 2.13. The number of aliphatic hydroxyl groups is 1. The van der Waals surface area contributed by atoms with E-state index in [2.05, 4.69) is 15.5 Å². The Balaban J connectivity index is 1.81. The average molecular weight is 287 g/mol. The third-order valence-corrected chi connectivity index (χ3v) is 3.34. The van der Waals surface area contributed by atoms with Crippen molar-refractivity contribution in [3.8, 4) is 0 Å². The Morgan fingerprint density at radius 3 is 2.67 bits per heavy atom. The molecular weight excluding hydrogens is 266 g/mol. The number of hydrogen-bond donors (Lipinski definition) is 3. The van der Waals surface area contributed by atoms with Crippen LogP contribution in [0.4, 0.5) is 0 Å². The smallest absolute Gasteiger partial charge is 0.271 e. The maximum atomic E-state index is 11.9. The number of aliphatic hydroxyl groups excluding tert-OH is 1. The molecular formula is C16H21N3O2. The molecule has 0 bridgehead atoms. The van der Waals surface area contributed by atoms with Gasteiger partial charge in [-0.1, -0.05) is 44.2 Å². The van der Waals surface area contributed by atoms with E-state index in [1.165, 1.54) is 0 Å². The van der Waals surface area contributed by atoms with E-state index in [1.54, 1.807) is 6.07 Å². The number of aromatic amines is 1. The van der Waals surface area contributed by atoms with Crippen molar-refractivity contribution in [2.24, 2.45) is 0 Å². The first-order valence-electron chi connectivity index (χ1n) is 7.14. The second-order valence-electron chi connectivity index (χ2n) is 5.33. The monoisotopic (exact) mass is 287 g/mol. The first kappa shape index (κ1) is 15.3. The second kappa shape index (κ2) is 7.04. The van der Waals surface area contributed by atoms with Crippen molar-refractivity contribution in [2.45, 2.75) is 32.3 Å². The quantitative estimate of drug-likeness (QED) is 0.763. The van der Waals surface area contributed by atoms with E-state index in [0.29, 0.717) is 24.6 Å². The zero-order chi connectivity index (χ0) is 15.2. The summed E-state index contributed by atoms with van der Waals surface area (Å²) in [6, 6.07) is 11.2. The molecule has 5 nitrogen and oxygen atoms in total. The summed E-state index contributed by atoms with van der Waals surface area (Å²) in [6.07, 6.45) is -0.103. The first-order chi connectivity index (χ1) is 10.1. The Morgan fingerprint density at radius 2 is 2.05 bits per heavy atom. The van der Waals surface area contributed by atoms with Crippen LogP contribution in [0, 0.1) is 0 Å². The molecule has 5 heteroatoms. The van der Waals surface area contributed by atoms with Crippen LogP contribution in [-0.2, 0) is 0 Å². The summed E-state index contributed by atoms with van der Waals surface area (Å²) in [6.45, 7) is 4.47. The van der Waals surface area contributed by atoms with E-state index in [0.717, 1.165) is 11.3 Å². The number of rotatable bonds is 6. The number of aromatic nitrogens is 2. The van der Waals surface area contributed by atoms with E-state index < -0.39 is 6.10 Å². The van der Waals surface area contributed by atoms with Gasteiger partial charge in [0, 0.05) is 12.2 Å². The summed E-state index contributed by atoms with van der Waals surface area (Å²) in [5.41, 5.74) is 2.17. The van der Waals surface area contributed by atoms with Crippen molar-refractivity contribution in [3.05, 3.63) is 53.3 Å². The largest absolute Gasteiger partial charge is 0.388 e. The molecule has 1 aromatic heterocycles. The Kier molecular flexibility index (Phi) is 5.11. The molecule has 21 heavy (non-hydrogen) atoms. The molecule has 0 radical (unpaired) electrons. The number of nitrogens with one attached hydrogen (secondary N) is 2. The third kappa shape index (κ3) is 4.16. The molecule has 112 valence electrons. The summed E-state index contributed by atoms with van der Waals surface area (Å²) in [4.78, 5) is 11.9. The number of carbonyl (C=O) groups is 1. The highest BCUT2D eigenvalue weighted by molar-refractivity contribution is 5.92. The molecule has 0 spiro atoms. The summed E-state index contributed by atoms with van der Waals surface area (Å²) in [5, 5.41) is 19.6. The lowest BCUT2D eigenvalue weighted by molar-refractivity contribution is 0.0937. The highest BCUT2D eigenvalue weighted by atomic mass is 16.3. The first-order valence-corrected chi connectivity index (χ1v) is 7.14. The molecule has 0 aliphatic rings. The van der Waals surface area contributed by atoms with E-state index >= 15 is 0 Å². The molecule has 1 atom stereocenters. The minimum absolute atomic E-state index is 0.224. The number of H-pyrrole nitrogens is 1. The van der Waals surface area contributed by atoms with Crippen molar-refractivity contribution in [2.75, 3.05) is 6.54 Å². The molecule has 1 heterocycles. The number of hydrogen-bond acceptors (Lipinski definition) is 3. The van der Waals surface area contributed by atoms with Crippen LogP contribution in [0.5, 0.6) is 0 Å². The average Bonchev–Trinajstić information content (AvgIpc) is 2.98. The van der Waals surface area contributed by atoms with Crippen LogP contribution in [0.1, 0.15) is 54.0 Å². The molecule has 0 aliphatic heterocycles. The second-order valence-corrected chi connectivity index (χ2v) is 5.33. The van der Waals surface area contributed by atoms with Crippen molar-refractivity contribution < 1.29 is 9.90 Å². The summed E-state index contributed by atoms with van der Waals surface area (Å²) < 4.78 is 0. The van der Waals surface area contributed by atoms with Crippen molar-refractivity contribution in [1.29, 1.82) is 0 Å². The van der Waals surface area contributed by atoms with Crippen LogP contribution in [0.25, 0.3) is 0 Å². The van der Waals surface area contributed by atoms with Gasteiger partial charge in [0.1, 0.15) is 5.69 Å². The normalized spacial score (nSPS) is 12.4. The van der Waals surface area contributed by atoms with Crippen LogP contribution in [0.2, 0.25) is 0 Å². The Labute approximate surface area is 124 Å². The van der Waals surface area contributed by atoms with Crippen LogP contribution in [-0.4, -0.2) is 27.8 Å². The Morgan fingerprint density at radius 1 is 1.33 bits per heavy atom.